The quantitative estimate of drug-likeness (QED) is 0.440. The van der Waals surface area contributed by atoms with Gasteiger partial charge in [-0.1, -0.05) is 53.7 Å². The van der Waals surface area contributed by atoms with Gasteiger partial charge in [0.1, 0.15) is 12.4 Å². The molecule has 32 heavy (non-hydrogen) atoms. The number of amides is 1. The Morgan fingerprint density at radius 2 is 1.94 bits per heavy atom. The van der Waals surface area contributed by atoms with E-state index in [0.29, 0.717) is 16.8 Å². The normalized spacial score (nSPS) is 18.5. The summed E-state index contributed by atoms with van der Waals surface area (Å²) in [5.74, 6) is 1.49. The van der Waals surface area contributed by atoms with E-state index in [4.69, 9.17) is 16.3 Å². The van der Waals surface area contributed by atoms with Gasteiger partial charge >= 0.3 is 0 Å². The molecule has 166 valence electrons. The van der Waals surface area contributed by atoms with Crippen LogP contribution in [0.1, 0.15) is 44.1 Å². The van der Waals surface area contributed by atoms with Gasteiger partial charge in [-0.25, -0.2) is 0 Å². The number of thioether (sulfide) groups is 1. The van der Waals surface area contributed by atoms with E-state index < -0.39 is 0 Å². The lowest BCUT2D eigenvalue weighted by molar-refractivity contribution is -0.118. The molecule has 2 aromatic carbocycles. The zero-order chi connectivity index (χ0) is 22.2. The molecule has 1 amide bonds. The summed E-state index contributed by atoms with van der Waals surface area (Å²) in [6, 6.07) is 16.1. The van der Waals surface area contributed by atoms with Gasteiger partial charge in [-0.3, -0.25) is 9.36 Å². The molecule has 2 atom stereocenters. The molecule has 0 spiro atoms. The number of hydrogen-bond donors (Lipinski definition) is 0. The van der Waals surface area contributed by atoms with Crippen molar-refractivity contribution >= 4 is 35.0 Å². The van der Waals surface area contributed by atoms with Crippen LogP contribution in [0.5, 0.6) is 5.75 Å². The topological polar surface area (TPSA) is 60.3 Å². The first-order chi connectivity index (χ1) is 15.5. The Morgan fingerprint density at radius 1 is 1.19 bits per heavy atom. The van der Waals surface area contributed by atoms with Crippen LogP contribution in [0, 0.1) is 0 Å². The van der Waals surface area contributed by atoms with Crippen molar-refractivity contribution in [3.63, 3.8) is 0 Å². The van der Waals surface area contributed by atoms with Crippen molar-refractivity contribution < 1.29 is 9.53 Å². The fourth-order valence-corrected chi connectivity index (χ4v) is 5.37. The largest absolute Gasteiger partial charge is 0.484 e. The summed E-state index contributed by atoms with van der Waals surface area (Å²) in [5, 5.41) is 9.86. The fraction of sp³-hybridized carbons (Fsp3) is 0.375. The third-order valence-electron chi connectivity index (χ3n) is 5.92. The molecule has 2 unspecified atom stereocenters. The molecule has 1 saturated carbocycles. The Balaban J connectivity index is 1.32. The maximum Gasteiger partial charge on any atom is 0.240 e. The van der Waals surface area contributed by atoms with Crippen molar-refractivity contribution in [1.82, 2.24) is 14.8 Å². The SMILES string of the molecule is CC(Sc1nnc(COc2ccccc2Cl)n1C1CC1)C(=O)N1c2ccccc2CC1C. The summed E-state index contributed by atoms with van der Waals surface area (Å²) in [6.07, 6.45) is 3.06. The van der Waals surface area contributed by atoms with Crippen molar-refractivity contribution in [3.8, 4) is 5.75 Å². The molecule has 1 aliphatic carbocycles. The fourth-order valence-electron chi connectivity index (χ4n) is 4.20. The highest BCUT2D eigenvalue weighted by Crippen LogP contribution is 2.41. The molecule has 5 rings (SSSR count). The second kappa shape index (κ2) is 8.79. The number of aromatic nitrogens is 3. The Kier molecular flexibility index (Phi) is 5.86. The van der Waals surface area contributed by atoms with Gasteiger partial charge in [0.05, 0.1) is 10.3 Å². The number of para-hydroxylation sites is 2. The van der Waals surface area contributed by atoms with Crippen LogP contribution in [0.25, 0.3) is 0 Å². The molecule has 1 aliphatic heterocycles. The number of carbonyl (C=O) groups excluding carboxylic acids is 1. The molecule has 0 radical (unpaired) electrons. The minimum atomic E-state index is -0.275. The minimum absolute atomic E-state index is 0.103. The highest BCUT2D eigenvalue weighted by molar-refractivity contribution is 8.00. The summed E-state index contributed by atoms with van der Waals surface area (Å²) in [4.78, 5) is 15.3. The summed E-state index contributed by atoms with van der Waals surface area (Å²) >= 11 is 7.68. The van der Waals surface area contributed by atoms with Gasteiger partial charge in [-0.2, -0.15) is 0 Å². The minimum Gasteiger partial charge on any atom is -0.484 e. The van der Waals surface area contributed by atoms with E-state index >= 15 is 0 Å². The van der Waals surface area contributed by atoms with Crippen molar-refractivity contribution in [3.05, 3.63) is 64.9 Å². The zero-order valence-electron chi connectivity index (χ0n) is 18.1. The van der Waals surface area contributed by atoms with E-state index in [9.17, 15) is 4.79 Å². The van der Waals surface area contributed by atoms with Crippen LogP contribution in [-0.2, 0) is 17.8 Å². The lowest BCUT2D eigenvalue weighted by Gasteiger charge is -2.25. The average molecular weight is 469 g/mol. The van der Waals surface area contributed by atoms with Crippen LogP contribution in [0.15, 0.2) is 53.7 Å². The number of anilines is 1. The molecule has 0 saturated heterocycles. The molecular formula is C24H25ClN4O2S. The number of rotatable bonds is 7. The number of hydrogen-bond acceptors (Lipinski definition) is 5. The second-order valence-electron chi connectivity index (χ2n) is 8.37. The van der Waals surface area contributed by atoms with Gasteiger partial charge in [0.15, 0.2) is 11.0 Å². The lowest BCUT2D eigenvalue weighted by atomic mass is 10.1. The zero-order valence-corrected chi connectivity index (χ0v) is 19.6. The molecule has 6 nitrogen and oxygen atoms in total. The van der Waals surface area contributed by atoms with Crippen LogP contribution >= 0.6 is 23.4 Å². The van der Waals surface area contributed by atoms with E-state index in [1.165, 1.54) is 17.3 Å². The summed E-state index contributed by atoms with van der Waals surface area (Å²) in [7, 11) is 0. The first-order valence-corrected chi connectivity index (χ1v) is 12.2. The number of fused-ring (bicyclic) bond motifs is 1. The van der Waals surface area contributed by atoms with Crippen molar-refractivity contribution in [1.29, 1.82) is 0 Å². The van der Waals surface area contributed by atoms with Crippen LogP contribution < -0.4 is 9.64 Å². The predicted molar refractivity (Wildman–Crippen MR) is 126 cm³/mol. The lowest BCUT2D eigenvalue weighted by Crippen LogP contribution is -2.40. The number of benzene rings is 2. The van der Waals surface area contributed by atoms with Crippen LogP contribution in [0.2, 0.25) is 5.02 Å². The smallest absolute Gasteiger partial charge is 0.240 e. The van der Waals surface area contributed by atoms with Gasteiger partial charge in [0, 0.05) is 17.8 Å². The first-order valence-electron chi connectivity index (χ1n) is 10.9. The average Bonchev–Trinajstić information content (AvgIpc) is 3.46. The predicted octanol–water partition coefficient (Wildman–Crippen LogP) is 5.30. The Bertz CT molecular complexity index is 1150. The molecular weight excluding hydrogens is 444 g/mol. The maximum atomic E-state index is 13.4. The summed E-state index contributed by atoms with van der Waals surface area (Å²) in [5.41, 5.74) is 2.25. The Morgan fingerprint density at radius 3 is 2.72 bits per heavy atom. The standard InChI is InChI=1S/C24H25ClN4O2S/c1-15-13-17-7-3-5-9-20(17)28(15)23(30)16(2)32-24-27-26-22(29(24)18-11-12-18)14-31-21-10-6-4-8-19(21)25/h3-10,15-16,18H,11-14H2,1-2H3. The Labute approximate surface area is 196 Å². The summed E-state index contributed by atoms with van der Waals surface area (Å²) in [6.45, 7) is 4.34. The number of halogens is 1. The molecule has 0 bridgehead atoms. The number of carbonyl (C=O) groups is 1. The highest BCUT2D eigenvalue weighted by atomic mass is 35.5. The maximum absolute atomic E-state index is 13.4. The summed E-state index contributed by atoms with van der Waals surface area (Å²) < 4.78 is 8.03. The van der Waals surface area contributed by atoms with Crippen LogP contribution in [-0.4, -0.2) is 32.0 Å². The van der Waals surface area contributed by atoms with E-state index in [2.05, 4.69) is 27.8 Å². The van der Waals surface area contributed by atoms with Gasteiger partial charge in [-0.05, 0) is 56.9 Å². The number of ether oxygens (including phenoxy) is 1. The van der Waals surface area contributed by atoms with Gasteiger partial charge in [0.25, 0.3) is 0 Å². The molecule has 3 aromatic rings. The van der Waals surface area contributed by atoms with Gasteiger partial charge in [-0.15, -0.1) is 10.2 Å². The monoisotopic (exact) mass is 468 g/mol. The molecule has 0 N–H and O–H groups in total. The van der Waals surface area contributed by atoms with Crippen molar-refractivity contribution in [2.45, 2.75) is 62.2 Å². The van der Waals surface area contributed by atoms with Crippen molar-refractivity contribution in [2.75, 3.05) is 4.90 Å². The first kappa shape index (κ1) is 21.3. The third kappa shape index (κ3) is 4.11. The van der Waals surface area contributed by atoms with E-state index in [0.717, 1.165) is 35.9 Å². The second-order valence-corrected chi connectivity index (χ2v) is 10.1. The van der Waals surface area contributed by atoms with Gasteiger partial charge in [0.2, 0.25) is 5.91 Å². The molecule has 2 aliphatic rings. The van der Waals surface area contributed by atoms with Crippen LogP contribution in [0.3, 0.4) is 0 Å². The van der Waals surface area contributed by atoms with E-state index in [-0.39, 0.29) is 23.8 Å². The molecule has 8 heteroatoms. The van der Waals surface area contributed by atoms with Gasteiger partial charge < -0.3 is 9.64 Å². The van der Waals surface area contributed by atoms with E-state index in [1.807, 2.05) is 48.2 Å². The molecule has 2 heterocycles. The highest BCUT2D eigenvalue weighted by Gasteiger charge is 2.35. The Hall–Kier alpha value is -2.51. The molecule has 1 fully saturated rings. The molecule has 1 aromatic heterocycles. The van der Waals surface area contributed by atoms with E-state index in [1.54, 1.807) is 6.07 Å². The third-order valence-corrected chi connectivity index (χ3v) is 7.27. The number of nitrogens with zero attached hydrogens (tertiary/aromatic N) is 4. The van der Waals surface area contributed by atoms with Crippen LogP contribution in [0.4, 0.5) is 5.69 Å². The van der Waals surface area contributed by atoms with Crippen molar-refractivity contribution in [2.24, 2.45) is 0 Å².